The molecule has 3 aromatic rings. The van der Waals surface area contributed by atoms with Crippen LogP contribution in [0.25, 0.3) is 22.4 Å². The van der Waals surface area contributed by atoms with Gasteiger partial charge < -0.3 is 15.2 Å². The van der Waals surface area contributed by atoms with Crippen molar-refractivity contribution < 1.29 is 26.9 Å². The number of carbonyl (C=O) groups excluding carboxylic acids is 1. The molecular formula is C23H21F4N5O2S. The molecule has 0 radical (unpaired) electrons. The second-order valence-corrected chi connectivity index (χ2v) is 9.72. The van der Waals surface area contributed by atoms with Gasteiger partial charge in [-0.1, -0.05) is 6.07 Å². The summed E-state index contributed by atoms with van der Waals surface area (Å²) in [6.07, 6.45) is -1.44. The minimum Gasteiger partial charge on any atom is -0.610 e. The van der Waals surface area contributed by atoms with Crippen LogP contribution in [0.5, 0.6) is 0 Å². The summed E-state index contributed by atoms with van der Waals surface area (Å²) in [7, 11) is 0. The quantitative estimate of drug-likeness (QED) is 0.422. The average Bonchev–Trinajstić information content (AvgIpc) is 2.83. The number of rotatable bonds is 4. The van der Waals surface area contributed by atoms with Crippen LogP contribution in [-0.2, 0) is 22.1 Å². The summed E-state index contributed by atoms with van der Waals surface area (Å²) in [5.74, 6) is -0.635. The molecule has 1 aliphatic rings. The van der Waals surface area contributed by atoms with E-state index in [4.69, 9.17) is 5.73 Å². The van der Waals surface area contributed by atoms with Crippen LogP contribution in [0.2, 0.25) is 0 Å². The number of nitrogens with two attached hydrogens (primary N) is 1. The van der Waals surface area contributed by atoms with Crippen LogP contribution < -0.4 is 5.73 Å². The topological polar surface area (TPSA) is 108 Å². The first kappa shape index (κ1) is 24.9. The van der Waals surface area contributed by atoms with Gasteiger partial charge in [0.2, 0.25) is 5.91 Å². The average molecular weight is 508 g/mol. The molecule has 0 bridgehead atoms. The fraction of sp³-hybridized carbons (Fsp3) is 0.304. The van der Waals surface area contributed by atoms with Crippen LogP contribution in [0.1, 0.15) is 25.5 Å². The Morgan fingerprint density at radius 1 is 1.11 bits per heavy atom. The zero-order chi connectivity index (χ0) is 25.3. The van der Waals surface area contributed by atoms with Gasteiger partial charge in [0.05, 0.1) is 23.7 Å². The lowest BCUT2D eigenvalue weighted by Gasteiger charge is -2.32. The first-order valence-corrected chi connectivity index (χ1v) is 11.9. The monoisotopic (exact) mass is 507 g/mol. The summed E-state index contributed by atoms with van der Waals surface area (Å²) in [5.41, 5.74) is 5.05. The number of pyridine rings is 1. The molecule has 1 fully saturated rings. The number of alkyl halides is 3. The second-order valence-electron chi connectivity index (χ2n) is 8.07. The maximum Gasteiger partial charge on any atom is 0.433 e. The Balaban J connectivity index is 1.71. The van der Waals surface area contributed by atoms with Crippen molar-refractivity contribution in [3.05, 3.63) is 54.2 Å². The van der Waals surface area contributed by atoms with Crippen LogP contribution in [0, 0.1) is 5.82 Å². The van der Waals surface area contributed by atoms with Crippen molar-refractivity contribution in [2.75, 3.05) is 18.8 Å². The van der Waals surface area contributed by atoms with Gasteiger partial charge in [-0.3, -0.25) is 9.78 Å². The van der Waals surface area contributed by atoms with Gasteiger partial charge in [-0.15, -0.1) is 0 Å². The lowest BCUT2D eigenvalue weighted by atomic mass is 10.0. The van der Waals surface area contributed by atoms with E-state index in [0.717, 1.165) is 18.2 Å². The largest absolute Gasteiger partial charge is 0.610 e. The van der Waals surface area contributed by atoms with Crippen molar-refractivity contribution in [3.63, 3.8) is 0 Å². The number of nitrogens with zero attached hydrogens (tertiary/aromatic N) is 4. The van der Waals surface area contributed by atoms with E-state index in [1.165, 1.54) is 31.5 Å². The van der Waals surface area contributed by atoms with Gasteiger partial charge in [0, 0.05) is 49.6 Å². The number of likely N-dealkylation sites (tertiary alicyclic amines) is 1. The van der Waals surface area contributed by atoms with Crippen molar-refractivity contribution in [1.82, 2.24) is 19.9 Å². The van der Waals surface area contributed by atoms with E-state index in [2.05, 4.69) is 15.0 Å². The molecule has 3 heterocycles. The lowest BCUT2D eigenvalue weighted by molar-refractivity contribution is -0.141. The highest BCUT2D eigenvalue weighted by Gasteiger charge is 2.38. The first-order valence-electron chi connectivity index (χ1n) is 10.7. The van der Waals surface area contributed by atoms with E-state index in [0.29, 0.717) is 25.9 Å². The molecule has 4 rings (SSSR count). The number of nitrogen functional groups attached to an aromatic ring is 1. The fourth-order valence-corrected chi connectivity index (χ4v) is 5.43. The maximum atomic E-state index is 15.0. The molecule has 2 aromatic heterocycles. The predicted octanol–water partition coefficient (Wildman–Crippen LogP) is 4.06. The van der Waals surface area contributed by atoms with Crippen LogP contribution in [0.15, 0.2) is 47.8 Å². The van der Waals surface area contributed by atoms with Gasteiger partial charge in [-0.05, 0) is 29.8 Å². The predicted molar refractivity (Wildman–Crippen MR) is 122 cm³/mol. The molecule has 1 amide bonds. The van der Waals surface area contributed by atoms with Gasteiger partial charge in [0.25, 0.3) is 5.03 Å². The van der Waals surface area contributed by atoms with Crippen molar-refractivity contribution in [3.8, 4) is 22.4 Å². The molecule has 7 nitrogen and oxygen atoms in total. The summed E-state index contributed by atoms with van der Waals surface area (Å²) in [6, 6.07) is 5.99. The minimum atomic E-state index is -4.74. The first-order chi connectivity index (χ1) is 16.5. The smallest absolute Gasteiger partial charge is 0.433 e. The normalized spacial score (nSPS) is 15.8. The van der Waals surface area contributed by atoms with Gasteiger partial charge >= 0.3 is 6.18 Å². The summed E-state index contributed by atoms with van der Waals surface area (Å²) in [4.78, 5) is 24.8. The van der Waals surface area contributed by atoms with Crippen molar-refractivity contribution in [1.29, 1.82) is 0 Å². The summed E-state index contributed by atoms with van der Waals surface area (Å²) in [5, 5.41) is -0.755. The highest BCUT2D eigenvalue weighted by Crippen LogP contribution is 2.36. The SMILES string of the molecule is CC(=O)N1CCC([S+]([O-])c2nc(C(F)(F)F)ccc2-c2ccc(-c3cnc(N)cn3)c(F)c2)CC1. The molecule has 0 spiro atoms. The third-order valence-electron chi connectivity index (χ3n) is 5.76. The molecule has 0 saturated carbocycles. The molecule has 35 heavy (non-hydrogen) atoms. The van der Waals surface area contributed by atoms with Crippen LogP contribution in [-0.4, -0.2) is 48.7 Å². The number of carbonyl (C=O) groups is 1. The Bertz CT molecular complexity index is 1230. The summed E-state index contributed by atoms with van der Waals surface area (Å²) in [6.45, 7) is 2.13. The highest BCUT2D eigenvalue weighted by molar-refractivity contribution is 7.92. The number of halogens is 4. The molecule has 184 valence electrons. The lowest BCUT2D eigenvalue weighted by Crippen LogP contribution is -2.41. The molecule has 0 aliphatic carbocycles. The standard InChI is InChI=1S/C23H21F4N5O2S/c1-13(33)32-8-6-15(7-9-32)35(34)22-16(4-5-20(31-22)23(25,26)27)14-2-3-17(18(24)10-14)19-11-30-21(28)12-29-19/h2-5,10-12,15H,6-9H2,1H3,(H2,28,30). The fourth-order valence-electron chi connectivity index (χ4n) is 3.88. The number of hydrogen-bond acceptors (Lipinski definition) is 6. The van der Waals surface area contributed by atoms with Gasteiger partial charge in [-0.25, -0.2) is 9.37 Å². The zero-order valence-corrected chi connectivity index (χ0v) is 19.4. The molecular weight excluding hydrogens is 486 g/mol. The summed E-state index contributed by atoms with van der Waals surface area (Å²) >= 11 is -1.91. The Morgan fingerprint density at radius 2 is 1.80 bits per heavy atom. The van der Waals surface area contributed by atoms with Gasteiger partial charge in [0.1, 0.15) is 22.6 Å². The molecule has 1 aromatic carbocycles. The van der Waals surface area contributed by atoms with E-state index in [9.17, 15) is 26.9 Å². The number of amides is 1. The van der Waals surface area contributed by atoms with Crippen LogP contribution in [0.3, 0.4) is 0 Å². The van der Waals surface area contributed by atoms with Crippen LogP contribution in [0.4, 0.5) is 23.4 Å². The number of aromatic nitrogens is 3. The van der Waals surface area contributed by atoms with Crippen LogP contribution >= 0.6 is 0 Å². The number of benzene rings is 1. The zero-order valence-electron chi connectivity index (χ0n) is 18.6. The molecule has 1 unspecified atom stereocenters. The number of hydrogen-bond donors (Lipinski definition) is 1. The van der Waals surface area contributed by atoms with Gasteiger partial charge in [0.15, 0.2) is 0 Å². The van der Waals surface area contributed by atoms with E-state index in [1.807, 2.05) is 0 Å². The molecule has 2 N–H and O–H groups in total. The molecule has 1 atom stereocenters. The Labute approximate surface area is 201 Å². The van der Waals surface area contributed by atoms with Crippen molar-refractivity contribution in [2.24, 2.45) is 0 Å². The maximum absolute atomic E-state index is 15.0. The minimum absolute atomic E-state index is 0.117. The van der Waals surface area contributed by atoms with E-state index in [-0.39, 0.29) is 39.1 Å². The summed E-state index contributed by atoms with van der Waals surface area (Å²) < 4.78 is 68.6. The van der Waals surface area contributed by atoms with E-state index in [1.54, 1.807) is 4.90 Å². The Morgan fingerprint density at radius 3 is 2.37 bits per heavy atom. The van der Waals surface area contributed by atoms with Crippen molar-refractivity contribution >= 4 is 22.9 Å². The van der Waals surface area contributed by atoms with E-state index >= 15 is 0 Å². The van der Waals surface area contributed by atoms with E-state index < -0.39 is 34.1 Å². The molecule has 1 saturated heterocycles. The Kier molecular flexibility index (Phi) is 6.95. The van der Waals surface area contributed by atoms with Crippen molar-refractivity contribution in [2.45, 2.75) is 36.2 Å². The third kappa shape index (κ3) is 5.38. The Hall–Kier alpha value is -3.25. The molecule has 12 heteroatoms. The number of piperidine rings is 1. The highest BCUT2D eigenvalue weighted by atomic mass is 32.2. The third-order valence-corrected chi connectivity index (χ3v) is 7.53. The number of anilines is 1. The molecule has 1 aliphatic heterocycles. The van der Waals surface area contributed by atoms with Gasteiger partial charge in [-0.2, -0.15) is 18.2 Å². The second kappa shape index (κ2) is 9.78.